The molecule has 1 aliphatic heterocycles. The van der Waals surface area contributed by atoms with Gasteiger partial charge in [0.2, 0.25) is 0 Å². The molecule has 1 aromatic rings. The van der Waals surface area contributed by atoms with E-state index < -0.39 is 0 Å². The zero-order valence-corrected chi connectivity index (χ0v) is 9.47. The highest BCUT2D eigenvalue weighted by molar-refractivity contribution is 5.94. The standard InChI is InChI=1S/C12H17N3O/c1-14-7-8-15(9-11(14)13)12(16)10-5-3-2-4-6-10/h2-6,11H,7-9,13H2,1H3. The van der Waals surface area contributed by atoms with E-state index in [0.29, 0.717) is 6.54 Å². The van der Waals surface area contributed by atoms with Crippen molar-refractivity contribution in [3.8, 4) is 0 Å². The molecule has 16 heavy (non-hydrogen) atoms. The summed E-state index contributed by atoms with van der Waals surface area (Å²) in [4.78, 5) is 16.0. The van der Waals surface area contributed by atoms with Crippen LogP contribution < -0.4 is 5.73 Å². The molecule has 0 saturated carbocycles. The van der Waals surface area contributed by atoms with Crippen LogP contribution in [0.4, 0.5) is 0 Å². The van der Waals surface area contributed by atoms with Crippen molar-refractivity contribution in [2.24, 2.45) is 5.73 Å². The third-order valence-electron chi connectivity index (χ3n) is 3.00. The molecule has 1 heterocycles. The first-order valence-corrected chi connectivity index (χ1v) is 5.48. The van der Waals surface area contributed by atoms with Gasteiger partial charge in [0, 0.05) is 25.2 Å². The third-order valence-corrected chi connectivity index (χ3v) is 3.00. The number of piperazine rings is 1. The van der Waals surface area contributed by atoms with Gasteiger partial charge in [-0.05, 0) is 19.2 Å². The number of carbonyl (C=O) groups is 1. The van der Waals surface area contributed by atoms with E-state index in [-0.39, 0.29) is 12.1 Å². The molecule has 1 aliphatic rings. The van der Waals surface area contributed by atoms with E-state index in [2.05, 4.69) is 4.90 Å². The van der Waals surface area contributed by atoms with Gasteiger partial charge in [0.25, 0.3) is 5.91 Å². The summed E-state index contributed by atoms with van der Waals surface area (Å²) in [5.41, 5.74) is 6.65. The molecule has 0 bridgehead atoms. The first kappa shape index (κ1) is 11.1. The number of nitrogens with zero attached hydrogens (tertiary/aromatic N) is 2. The monoisotopic (exact) mass is 219 g/mol. The number of benzene rings is 1. The Morgan fingerprint density at radius 3 is 2.62 bits per heavy atom. The maximum Gasteiger partial charge on any atom is 0.253 e. The molecule has 1 atom stereocenters. The number of hydrogen-bond acceptors (Lipinski definition) is 3. The average Bonchev–Trinajstić information content (AvgIpc) is 2.33. The van der Waals surface area contributed by atoms with Gasteiger partial charge in [0.05, 0.1) is 6.17 Å². The maximum absolute atomic E-state index is 12.1. The fourth-order valence-corrected chi connectivity index (χ4v) is 1.85. The van der Waals surface area contributed by atoms with Crippen molar-refractivity contribution in [1.29, 1.82) is 0 Å². The Hall–Kier alpha value is -1.39. The van der Waals surface area contributed by atoms with E-state index >= 15 is 0 Å². The molecule has 0 radical (unpaired) electrons. The van der Waals surface area contributed by atoms with Crippen LogP contribution in [0.15, 0.2) is 30.3 Å². The number of amides is 1. The van der Waals surface area contributed by atoms with Crippen molar-refractivity contribution < 1.29 is 4.79 Å². The van der Waals surface area contributed by atoms with Crippen molar-refractivity contribution in [3.63, 3.8) is 0 Å². The van der Waals surface area contributed by atoms with Gasteiger partial charge in [-0.15, -0.1) is 0 Å². The molecule has 0 aliphatic carbocycles. The first-order valence-electron chi connectivity index (χ1n) is 5.48. The van der Waals surface area contributed by atoms with Gasteiger partial charge in [-0.1, -0.05) is 18.2 Å². The number of rotatable bonds is 1. The highest BCUT2D eigenvalue weighted by Crippen LogP contribution is 2.09. The second-order valence-corrected chi connectivity index (χ2v) is 4.17. The highest BCUT2D eigenvalue weighted by Gasteiger charge is 2.25. The predicted molar refractivity (Wildman–Crippen MR) is 63.0 cm³/mol. The van der Waals surface area contributed by atoms with Crippen LogP contribution in [-0.2, 0) is 0 Å². The molecule has 1 saturated heterocycles. The minimum atomic E-state index is -0.0542. The summed E-state index contributed by atoms with van der Waals surface area (Å²) < 4.78 is 0. The fraction of sp³-hybridized carbons (Fsp3) is 0.417. The second-order valence-electron chi connectivity index (χ2n) is 4.17. The molecule has 1 fully saturated rings. The third kappa shape index (κ3) is 2.23. The van der Waals surface area contributed by atoms with Crippen LogP contribution in [-0.4, -0.2) is 48.6 Å². The molecule has 1 unspecified atom stereocenters. The Labute approximate surface area is 95.6 Å². The lowest BCUT2D eigenvalue weighted by atomic mass is 10.1. The Balaban J connectivity index is 2.06. The van der Waals surface area contributed by atoms with Crippen LogP contribution in [0.25, 0.3) is 0 Å². The average molecular weight is 219 g/mol. The Morgan fingerprint density at radius 1 is 1.31 bits per heavy atom. The summed E-state index contributed by atoms with van der Waals surface area (Å²) in [6, 6.07) is 9.34. The summed E-state index contributed by atoms with van der Waals surface area (Å²) in [5, 5.41) is 0. The van der Waals surface area contributed by atoms with Crippen molar-refractivity contribution in [2.75, 3.05) is 26.7 Å². The van der Waals surface area contributed by atoms with Crippen molar-refractivity contribution in [1.82, 2.24) is 9.80 Å². The predicted octanol–water partition coefficient (Wildman–Crippen LogP) is 0.359. The zero-order chi connectivity index (χ0) is 11.5. The lowest BCUT2D eigenvalue weighted by molar-refractivity contribution is 0.0556. The number of nitrogens with two attached hydrogens (primary N) is 1. The summed E-state index contributed by atoms with van der Waals surface area (Å²) in [6.45, 7) is 2.18. The summed E-state index contributed by atoms with van der Waals surface area (Å²) in [5.74, 6) is 0.0733. The lowest BCUT2D eigenvalue weighted by Crippen LogP contribution is -2.56. The molecule has 1 amide bonds. The topological polar surface area (TPSA) is 49.6 Å². The van der Waals surface area contributed by atoms with Crippen molar-refractivity contribution in [3.05, 3.63) is 35.9 Å². The van der Waals surface area contributed by atoms with E-state index in [1.54, 1.807) is 0 Å². The van der Waals surface area contributed by atoms with E-state index in [1.807, 2.05) is 42.3 Å². The summed E-state index contributed by atoms with van der Waals surface area (Å²) >= 11 is 0. The minimum absolute atomic E-state index is 0.0542. The number of likely N-dealkylation sites (N-methyl/N-ethyl adjacent to an activating group) is 1. The molecule has 2 N–H and O–H groups in total. The van der Waals surface area contributed by atoms with Crippen molar-refractivity contribution in [2.45, 2.75) is 6.17 Å². The molecule has 86 valence electrons. The van der Waals surface area contributed by atoms with Gasteiger partial charge >= 0.3 is 0 Å². The van der Waals surface area contributed by atoms with Gasteiger partial charge in [0.1, 0.15) is 0 Å². The zero-order valence-electron chi connectivity index (χ0n) is 9.47. The molecule has 0 aromatic heterocycles. The Morgan fingerprint density at radius 2 is 2.00 bits per heavy atom. The largest absolute Gasteiger partial charge is 0.334 e. The first-order chi connectivity index (χ1) is 7.68. The van der Waals surface area contributed by atoms with E-state index in [4.69, 9.17) is 5.73 Å². The van der Waals surface area contributed by atoms with Crippen LogP contribution in [0.1, 0.15) is 10.4 Å². The summed E-state index contributed by atoms with van der Waals surface area (Å²) in [7, 11) is 1.98. The molecule has 2 rings (SSSR count). The number of hydrogen-bond donors (Lipinski definition) is 1. The number of carbonyl (C=O) groups excluding carboxylic acids is 1. The van der Waals surface area contributed by atoms with E-state index in [9.17, 15) is 4.79 Å². The molecular formula is C12H17N3O. The van der Waals surface area contributed by atoms with Gasteiger partial charge in [-0.3, -0.25) is 9.69 Å². The Bertz CT molecular complexity index is 366. The molecule has 4 heteroatoms. The summed E-state index contributed by atoms with van der Waals surface area (Å²) in [6.07, 6.45) is -0.0542. The SMILES string of the molecule is CN1CCN(C(=O)c2ccccc2)CC1N. The fourth-order valence-electron chi connectivity index (χ4n) is 1.85. The second kappa shape index (κ2) is 4.63. The van der Waals surface area contributed by atoms with E-state index in [1.165, 1.54) is 0 Å². The normalized spacial score (nSPS) is 22.1. The van der Waals surface area contributed by atoms with Crippen LogP contribution in [0.3, 0.4) is 0 Å². The lowest BCUT2D eigenvalue weighted by Gasteiger charge is -2.37. The molecular weight excluding hydrogens is 202 g/mol. The van der Waals surface area contributed by atoms with Crippen LogP contribution in [0.2, 0.25) is 0 Å². The quantitative estimate of drug-likeness (QED) is 0.742. The van der Waals surface area contributed by atoms with E-state index in [0.717, 1.165) is 18.7 Å². The molecule has 0 spiro atoms. The minimum Gasteiger partial charge on any atom is -0.334 e. The molecule has 1 aromatic carbocycles. The molecule has 4 nitrogen and oxygen atoms in total. The maximum atomic E-state index is 12.1. The van der Waals surface area contributed by atoms with Gasteiger partial charge in [-0.2, -0.15) is 0 Å². The van der Waals surface area contributed by atoms with Crippen LogP contribution in [0, 0.1) is 0 Å². The van der Waals surface area contributed by atoms with Gasteiger partial charge < -0.3 is 10.6 Å². The highest BCUT2D eigenvalue weighted by atomic mass is 16.2. The van der Waals surface area contributed by atoms with Crippen LogP contribution in [0.5, 0.6) is 0 Å². The Kier molecular flexibility index (Phi) is 3.22. The van der Waals surface area contributed by atoms with Crippen molar-refractivity contribution >= 4 is 5.91 Å². The van der Waals surface area contributed by atoms with Gasteiger partial charge in [-0.25, -0.2) is 0 Å². The van der Waals surface area contributed by atoms with Gasteiger partial charge in [0.15, 0.2) is 0 Å². The smallest absolute Gasteiger partial charge is 0.253 e. The van der Waals surface area contributed by atoms with Crippen LogP contribution >= 0.6 is 0 Å².